The van der Waals surface area contributed by atoms with Crippen LogP contribution in [-0.2, 0) is 14.3 Å². The third-order valence-electron chi connectivity index (χ3n) is 2.41. The lowest BCUT2D eigenvalue weighted by Gasteiger charge is -2.17. The van der Waals surface area contributed by atoms with Gasteiger partial charge in [0.15, 0.2) is 5.96 Å². The van der Waals surface area contributed by atoms with Crippen LogP contribution in [0.4, 0.5) is 0 Å². The molecule has 0 saturated heterocycles. The molecule has 7 heteroatoms. The molecule has 0 aromatic heterocycles. The lowest BCUT2D eigenvalue weighted by Crippen LogP contribution is -2.27. The summed E-state index contributed by atoms with van der Waals surface area (Å²) in [4.78, 5) is 26.2. The highest BCUT2D eigenvalue weighted by molar-refractivity contribution is 5.76. The molecule has 110 valence electrons. The van der Waals surface area contributed by atoms with Gasteiger partial charge < -0.3 is 21.9 Å². The second-order valence-electron chi connectivity index (χ2n) is 4.69. The molecule has 0 aliphatic carbocycles. The molecule has 0 aliphatic rings. The molecule has 0 bridgehead atoms. The van der Waals surface area contributed by atoms with E-state index in [0.29, 0.717) is 13.0 Å². The predicted molar refractivity (Wildman–Crippen MR) is 73.1 cm³/mol. The molecule has 6 N–H and O–H groups in total. The van der Waals surface area contributed by atoms with Crippen molar-refractivity contribution in [2.24, 2.45) is 28.1 Å². The monoisotopic (exact) mass is 272 g/mol. The molecule has 0 aromatic carbocycles. The normalized spacial score (nSPS) is 11.9. The molecule has 0 rings (SSSR count). The molecule has 7 nitrogen and oxygen atoms in total. The number of hydrogen-bond acceptors (Lipinski definition) is 4. The Labute approximate surface area is 113 Å². The summed E-state index contributed by atoms with van der Waals surface area (Å²) in [7, 11) is 0. The highest BCUT2D eigenvalue weighted by Crippen LogP contribution is 2.11. The van der Waals surface area contributed by atoms with Crippen molar-refractivity contribution in [1.29, 1.82) is 0 Å². The van der Waals surface area contributed by atoms with Gasteiger partial charge in [-0.2, -0.15) is 0 Å². The Morgan fingerprint density at radius 1 is 1.16 bits per heavy atom. The van der Waals surface area contributed by atoms with Crippen molar-refractivity contribution in [1.82, 2.24) is 0 Å². The fourth-order valence-corrected chi connectivity index (χ4v) is 1.42. The first-order chi connectivity index (χ1) is 8.82. The maximum absolute atomic E-state index is 11.5. The maximum Gasteiger partial charge on any atom is 0.308 e. The highest BCUT2D eigenvalue weighted by atomic mass is 16.5. The molecule has 0 fully saturated rings. The number of hydrogen-bond donors (Lipinski definition) is 3. The summed E-state index contributed by atoms with van der Waals surface area (Å²) >= 11 is 0. The minimum Gasteiger partial charge on any atom is -0.462 e. The van der Waals surface area contributed by atoms with E-state index >= 15 is 0 Å². The number of nitrogens with two attached hydrogens (primary N) is 3. The van der Waals surface area contributed by atoms with E-state index in [-0.39, 0.29) is 24.3 Å². The molecule has 0 saturated carbocycles. The Morgan fingerprint density at radius 3 is 2.26 bits per heavy atom. The van der Waals surface area contributed by atoms with Crippen molar-refractivity contribution in [2.45, 2.75) is 45.6 Å². The molecule has 1 amide bonds. The van der Waals surface area contributed by atoms with E-state index in [1.54, 1.807) is 13.8 Å². The number of esters is 1. The van der Waals surface area contributed by atoms with Gasteiger partial charge in [0.1, 0.15) is 6.10 Å². The largest absolute Gasteiger partial charge is 0.462 e. The molecule has 0 heterocycles. The van der Waals surface area contributed by atoms with E-state index in [2.05, 4.69) is 4.99 Å². The van der Waals surface area contributed by atoms with E-state index in [1.165, 1.54) is 0 Å². The summed E-state index contributed by atoms with van der Waals surface area (Å²) in [6.45, 7) is 3.99. The van der Waals surface area contributed by atoms with Crippen LogP contribution in [0.15, 0.2) is 4.99 Å². The van der Waals surface area contributed by atoms with Crippen molar-refractivity contribution < 1.29 is 14.3 Å². The van der Waals surface area contributed by atoms with Crippen LogP contribution >= 0.6 is 0 Å². The minimum absolute atomic E-state index is 0.0424. The van der Waals surface area contributed by atoms with Gasteiger partial charge in [0.25, 0.3) is 0 Å². The van der Waals surface area contributed by atoms with Crippen LogP contribution in [0.3, 0.4) is 0 Å². The first-order valence-corrected chi connectivity index (χ1v) is 6.37. The van der Waals surface area contributed by atoms with Crippen molar-refractivity contribution in [3.63, 3.8) is 0 Å². The predicted octanol–water partition coefficient (Wildman–Crippen LogP) is -0.127. The summed E-state index contributed by atoms with van der Waals surface area (Å²) in [5.41, 5.74) is 15.5. The van der Waals surface area contributed by atoms with Gasteiger partial charge in [0.05, 0.1) is 12.3 Å². The van der Waals surface area contributed by atoms with Crippen LogP contribution in [0.25, 0.3) is 0 Å². The van der Waals surface area contributed by atoms with Gasteiger partial charge in [0, 0.05) is 6.54 Å². The summed E-state index contributed by atoms with van der Waals surface area (Å²) in [5, 5.41) is 0. The number of nitrogens with zero attached hydrogens (tertiary/aromatic N) is 1. The van der Waals surface area contributed by atoms with E-state index < -0.39 is 12.0 Å². The number of carbonyl (C=O) groups is 2. The fraction of sp³-hybridized carbons (Fsp3) is 0.750. The van der Waals surface area contributed by atoms with Gasteiger partial charge >= 0.3 is 5.97 Å². The van der Waals surface area contributed by atoms with Crippen LogP contribution in [-0.4, -0.2) is 30.5 Å². The average Bonchev–Trinajstić information content (AvgIpc) is 2.26. The van der Waals surface area contributed by atoms with E-state index in [4.69, 9.17) is 21.9 Å². The number of ether oxygens (including phenoxy) is 1. The van der Waals surface area contributed by atoms with E-state index in [9.17, 15) is 9.59 Å². The van der Waals surface area contributed by atoms with Gasteiger partial charge in [0.2, 0.25) is 5.91 Å². The van der Waals surface area contributed by atoms with E-state index in [0.717, 1.165) is 12.8 Å². The van der Waals surface area contributed by atoms with Crippen LogP contribution in [0.1, 0.15) is 39.5 Å². The SMILES string of the molecule is CC(C)C(=O)OC(CCCCN=C(N)N)CC(N)=O. The standard InChI is InChI=1S/C12H24N4O3/c1-8(2)11(18)19-9(7-10(13)17)5-3-4-6-16-12(14)15/h8-9H,3-7H2,1-2H3,(H2,13,17)(H4,14,15,16). The second-order valence-corrected chi connectivity index (χ2v) is 4.69. The molecule has 19 heavy (non-hydrogen) atoms. The topological polar surface area (TPSA) is 134 Å². The van der Waals surface area contributed by atoms with Crippen LogP contribution in [0, 0.1) is 5.92 Å². The fourth-order valence-electron chi connectivity index (χ4n) is 1.42. The van der Waals surface area contributed by atoms with Gasteiger partial charge in [-0.3, -0.25) is 14.6 Å². The zero-order valence-electron chi connectivity index (χ0n) is 11.6. The summed E-state index contributed by atoms with van der Waals surface area (Å²) in [6.07, 6.45) is 1.65. The van der Waals surface area contributed by atoms with Crippen LogP contribution in [0.5, 0.6) is 0 Å². The number of carbonyl (C=O) groups excluding carboxylic acids is 2. The summed E-state index contributed by atoms with van der Waals surface area (Å²) < 4.78 is 5.23. The summed E-state index contributed by atoms with van der Waals surface area (Å²) in [5.74, 6) is -0.974. The minimum atomic E-state index is -0.481. The van der Waals surface area contributed by atoms with Gasteiger partial charge in [-0.1, -0.05) is 13.8 Å². The number of amides is 1. The molecular weight excluding hydrogens is 248 g/mol. The smallest absolute Gasteiger partial charge is 0.308 e. The lowest BCUT2D eigenvalue weighted by molar-refractivity contribution is -0.154. The number of primary amides is 1. The Balaban J connectivity index is 4.10. The number of unbranched alkanes of at least 4 members (excludes halogenated alkanes) is 1. The first-order valence-electron chi connectivity index (χ1n) is 6.37. The Hall–Kier alpha value is -1.79. The van der Waals surface area contributed by atoms with Gasteiger partial charge in [-0.15, -0.1) is 0 Å². The quantitative estimate of drug-likeness (QED) is 0.233. The third kappa shape index (κ3) is 9.87. The Morgan fingerprint density at radius 2 is 1.79 bits per heavy atom. The van der Waals surface area contributed by atoms with Crippen molar-refractivity contribution in [2.75, 3.05) is 6.54 Å². The number of guanidine groups is 1. The lowest BCUT2D eigenvalue weighted by atomic mass is 10.1. The highest BCUT2D eigenvalue weighted by Gasteiger charge is 2.18. The summed E-state index contributed by atoms with van der Waals surface area (Å²) in [6, 6.07) is 0. The zero-order chi connectivity index (χ0) is 14.8. The number of rotatable bonds is 9. The van der Waals surface area contributed by atoms with Gasteiger partial charge in [-0.05, 0) is 19.3 Å². The number of aliphatic imine (C=N–C) groups is 1. The molecule has 0 radical (unpaired) electrons. The Kier molecular flexibility index (Phi) is 8.32. The van der Waals surface area contributed by atoms with Gasteiger partial charge in [-0.25, -0.2) is 0 Å². The third-order valence-corrected chi connectivity index (χ3v) is 2.41. The molecule has 1 atom stereocenters. The Bertz CT molecular complexity index is 325. The van der Waals surface area contributed by atoms with Crippen LogP contribution < -0.4 is 17.2 Å². The first kappa shape index (κ1) is 17.2. The maximum atomic E-state index is 11.5. The van der Waals surface area contributed by atoms with Crippen molar-refractivity contribution in [3.05, 3.63) is 0 Å². The average molecular weight is 272 g/mol. The van der Waals surface area contributed by atoms with Crippen LogP contribution in [0.2, 0.25) is 0 Å². The van der Waals surface area contributed by atoms with E-state index in [1.807, 2.05) is 0 Å². The molecule has 1 unspecified atom stereocenters. The molecular formula is C12H24N4O3. The zero-order valence-corrected chi connectivity index (χ0v) is 11.6. The molecule has 0 aliphatic heterocycles. The molecule has 0 aromatic rings. The second kappa shape index (κ2) is 9.18. The molecule has 0 spiro atoms. The van der Waals surface area contributed by atoms with Crippen molar-refractivity contribution in [3.8, 4) is 0 Å². The van der Waals surface area contributed by atoms with Crippen molar-refractivity contribution >= 4 is 17.8 Å².